The number of likely N-dealkylation sites (tertiary alicyclic amines) is 1. The van der Waals surface area contributed by atoms with Gasteiger partial charge in [-0.05, 0) is 38.0 Å². The van der Waals surface area contributed by atoms with Gasteiger partial charge in [-0.25, -0.2) is 13.1 Å². The largest absolute Gasteiger partial charge is 0.469 e. The third-order valence-corrected chi connectivity index (χ3v) is 5.78. The quantitative estimate of drug-likeness (QED) is 0.918. The maximum atomic E-state index is 12.4. The Balaban J connectivity index is 1.60. The van der Waals surface area contributed by atoms with E-state index >= 15 is 0 Å². The molecule has 0 unspecified atom stereocenters. The molecule has 0 bridgehead atoms. The molecule has 3 rings (SSSR count). The minimum absolute atomic E-state index is 0.0642. The Morgan fingerprint density at radius 3 is 2.42 bits per heavy atom. The number of carbonyl (C=O) groups is 1. The van der Waals surface area contributed by atoms with Crippen LogP contribution in [0.2, 0.25) is 0 Å². The Bertz CT molecular complexity index is 806. The summed E-state index contributed by atoms with van der Waals surface area (Å²) in [7, 11) is -3.52. The van der Waals surface area contributed by atoms with E-state index < -0.39 is 10.0 Å². The van der Waals surface area contributed by atoms with Crippen LogP contribution < -0.4 is 4.72 Å². The molecule has 1 aliphatic rings. The van der Waals surface area contributed by atoms with Crippen molar-refractivity contribution in [3.8, 4) is 0 Å². The molecule has 2 heterocycles. The van der Waals surface area contributed by atoms with E-state index in [4.69, 9.17) is 4.42 Å². The van der Waals surface area contributed by atoms with Crippen molar-refractivity contribution in [2.45, 2.75) is 30.7 Å². The first-order chi connectivity index (χ1) is 11.5. The van der Waals surface area contributed by atoms with Crippen LogP contribution in [0.3, 0.4) is 0 Å². The fourth-order valence-corrected chi connectivity index (χ4v) is 4.19. The van der Waals surface area contributed by atoms with Crippen molar-refractivity contribution in [1.29, 1.82) is 0 Å². The van der Waals surface area contributed by atoms with Crippen LogP contribution in [0.25, 0.3) is 0 Å². The minimum Gasteiger partial charge on any atom is -0.469 e. The molecule has 0 saturated carbocycles. The monoisotopic (exact) mass is 348 g/mol. The first-order valence-corrected chi connectivity index (χ1v) is 9.36. The summed E-state index contributed by atoms with van der Waals surface area (Å²) in [5.74, 6) is 0.539. The maximum absolute atomic E-state index is 12.4. The Morgan fingerprint density at radius 2 is 1.83 bits per heavy atom. The van der Waals surface area contributed by atoms with Gasteiger partial charge < -0.3 is 9.32 Å². The first-order valence-electron chi connectivity index (χ1n) is 7.88. The minimum atomic E-state index is -3.52. The van der Waals surface area contributed by atoms with Crippen LogP contribution in [0.4, 0.5) is 0 Å². The average molecular weight is 348 g/mol. The van der Waals surface area contributed by atoms with E-state index in [0.29, 0.717) is 37.3 Å². The lowest BCUT2D eigenvalue weighted by Crippen LogP contribution is -2.46. The van der Waals surface area contributed by atoms with Gasteiger partial charge >= 0.3 is 0 Å². The van der Waals surface area contributed by atoms with Crippen LogP contribution in [0.15, 0.2) is 52.0 Å². The number of carbonyl (C=O) groups excluding carboxylic acids is 1. The summed E-state index contributed by atoms with van der Waals surface area (Å²) < 4.78 is 32.6. The topological polar surface area (TPSA) is 79.6 Å². The Morgan fingerprint density at radius 1 is 1.17 bits per heavy atom. The van der Waals surface area contributed by atoms with Crippen LogP contribution >= 0.6 is 0 Å². The fourth-order valence-electron chi connectivity index (χ4n) is 2.86. The summed E-state index contributed by atoms with van der Waals surface area (Å²) >= 11 is 0. The first kappa shape index (κ1) is 16.7. The van der Waals surface area contributed by atoms with Gasteiger partial charge in [-0.2, -0.15) is 0 Å². The van der Waals surface area contributed by atoms with E-state index in [1.807, 2.05) is 0 Å². The molecule has 0 radical (unpaired) electrons. The lowest BCUT2D eigenvalue weighted by Gasteiger charge is -2.32. The molecule has 128 valence electrons. The predicted molar refractivity (Wildman–Crippen MR) is 89.1 cm³/mol. The number of rotatable bonds is 4. The molecular formula is C17H20N2O4S. The third-order valence-electron chi connectivity index (χ3n) is 4.25. The highest BCUT2D eigenvalue weighted by Gasteiger charge is 2.28. The molecule has 6 nitrogen and oxygen atoms in total. The van der Waals surface area contributed by atoms with Gasteiger partial charge in [0.2, 0.25) is 10.0 Å². The SMILES string of the molecule is Cc1occc1C(=O)N1CCC(NS(=O)(=O)c2ccccc2)CC1. The zero-order valence-electron chi connectivity index (χ0n) is 13.4. The molecule has 7 heteroatoms. The summed E-state index contributed by atoms with van der Waals surface area (Å²) in [6, 6.07) is 9.82. The van der Waals surface area contributed by atoms with Crippen molar-refractivity contribution in [2.75, 3.05) is 13.1 Å². The van der Waals surface area contributed by atoms with Crippen molar-refractivity contribution >= 4 is 15.9 Å². The second-order valence-electron chi connectivity index (χ2n) is 5.89. The van der Waals surface area contributed by atoms with Gasteiger partial charge in [0.05, 0.1) is 16.7 Å². The average Bonchev–Trinajstić information content (AvgIpc) is 3.01. The second-order valence-corrected chi connectivity index (χ2v) is 7.61. The highest BCUT2D eigenvalue weighted by atomic mass is 32.2. The number of sulfonamides is 1. The lowest BCUT2D eigenvalue weighted by atomic mass is 10.1. The number of piperidine rings is 1. The Labute approximate surface area is 141 Å². The van der Waals surface area contributed by atoms with Crippen molar-refractivity contribution in [3.63, 3.8) is 0 Å². The maximum Gasteiger partial charge on any atom is 0.257 e. The van der Waals surface area contributed by atoms with Crippen LogP contribution in [0, 0.1) is 6.92 Å². The van der Waals surface area contributed by atoms with Gasteiger partial charge in [0, 0.05) is 19.1 Å². The summed E-state index contributed by atoms with van der Waals surface area (Å²) in [4.78, 5) is 14.4. The Kier molecular flexibility index (Phi) is 4.73. The van der Waals surface area contributed by atoms with Crippen molar-refractivity contribution in [1.82, 2.24) is 9.62 Å². The molecule has 1 saturated heterocycles. The molecular weight excluding hydrogens is 328 g/mol. The molecule has 1 N–H and O–H groups in total. The van der Waals surface area contributed by atoms with Crippen LogP contribution in [0.1, 0.15) is 29.0 Å². The number of nitrogens with zero attached hydrogens (tertiary/aromatic N) is 1. The van der Waals surface area contributed by atoms with E-state index in [1.54, 1.807) is 48.2 Å². The van der Waals surface area contributed by atoms with Gasteiger partial charge in [0.25, 0.3) is 5.91 Å². The van der Waals surface area contributed by atoms with Crippen LogP contribution in [0.5, 0.6) is 0 Å². The third kappa shape index (κ3) is 3.52. The highest BCUT2D eigenvalue weighted by Crippen LogP contribution is 2.18. The van der Waals surface area contributed by atoms with Gasteiger partial charge in [-0.3, -0.25) is 4.79 Å². The number of benzene rings is 1. The normalized spacial score (nSPS) is 16.3. The van der Waals surface area contributed by atoms with Crippen LogP contribution in [-0.4, -0.2) is 38.4 Å². The number of hydrogen-bond donors (Lipinski definition) is 1. The Hall–Kier alpha value is -2.12. The molecule has 0 atom stereocenters. The van der Waals surface area contributed by atoms with E-state index in [-0.39, 0.29) is 16.8 Å². The predicted octanol–water partition coefficient (Wildman–Crippen LogP) is 2.17. The highest BCUT2D eigenvalue weighted by molar-refractivity contribution is 7.89. The van der Waals surface area contributed by atoms with E-state index in [0.717, 1.165) is 0 Å². The van der Waals surface area contributed by atoms with Crippen LogP contribution in [-0.2, 0) is 10.0 Å². The van der Waals surface area contributed by atoms with Gasteiger partial charge in [-0.15, -0.1) is 0 Å². The number of amides is 1. The lowest BCUT2D eigenvalue weighted by molar-refractivity contribution is 0.0709. The van der Waals surface area contributed by atoms with Gasteiger partial charge in [0.15, 0.2) is 0 Å². The van der Waals surface area contributed by atoms with Gasteiger partial charge in [-0.1, -0.05) is 18.2 Å². The summed E-state index contributed by atoms with van der Waals surface area (Å²) in [6.07, 6.45) is 2.69. The number of hydrogen-bond acceptors (Lipinski definition) is 4. The second kappa shape index (κ2) is 6.78. The molecule has 1 aromatic heterocycles. The van der Waals surface area contributed by atoms with Crippen molar-refractivity contribution in [2.24, 2.45) is 0 Å². The smallest absolute Gasteiger partial charge is 0.257 e. The molecule has 0 spiro atoms. The van der Waals surface area contributed by atoms with Crippen molar-refractivity contribution < 1.29 is 17.6 Å². The molecule has 1 aromatic carbocycles. The molecule has 0 aliphatic carbocycles. The molecule has 1 aliphatic heterocycles. The van der Waals surface area contributed by atoms with E-state index in [9.17, 15) is 13.2 Å². The zero-order chi connectivity index (χ0) is 17.2. The molecule has 24 heavy (non-hydrogen) atoms. The summed E-state index contributed by atoms with van der Waals surface area (Å²) in [6.45, 7) is 2.80. The summed E-state index contributed by atoms with van der Waals surface area (Å²) in [5.41, 5.74) is 0.568. The van der Waals surface area contributed by atoms with Crippen molar-refractivity contribution in [3.05, 3.63) is 54.0 Å². The standard InChI is InChI=1S/C17H20N2O4S/c1-13-16(9-12-23-13)17(20)19-10-7-14(8-11-19)18-24(21,22)15-5-3-2-4-6-15/h2-6,9,12,14,18H,7-8,10-11H2,1H3. The summed E-state index contributed by atoms with van der Waals surface area (Å²) in [5, 5.41) is 0. The van der Waals surface area contributed by atoms with Gasteiger partial charge in [0.1, 0.15) is 5.76 Å². The van der Waals surface area contributed by atoms with E-state index in [2.05, 4.69) is 4.72 Å². The zero-order valence-corrected chi connectivity index (χ0v) is 14.3. The molecule has 1 fully saturated rings. The fraction of sp³-hybridized carbons (Fsp3) is 0.353. The number of furan rings is 1. The number of aryl methyl sites for hydroxylation is 1. The van der Waals surface area contributed by atoms with E-state index in [1.165, 1.54) is 6.26 Å². The molecule has 2 aromatic rings. The number of nitrogens with one attached hydrogen (secondary N) is 1. The molecule has 1 amide bonds.